The summed E-state index contributed by atoms with van der Waals surface area (Å²) in [5, 5.41) is 8.80. The van der Waals surface area contributed by atoms with Crippen LogP contribution in [-0.4, -0.2) is 23.3 Å². The van der Waals surface area contributed by atoms with Crippen LogP contribution in [0.3, 0.4) is 0 Å². The largest absolute Gasteiger partial charge is 0.481 e. The predicted octanol–water partition coefficient (Wildman–Crippen LogP) is 1.42. The lowest BCUT2D eigenvalue weighted by Crippen LogP contribution is -2.24. The smallest absolute Gasteiger partial charge is 0.306 e. The van der Waals surface area contributed by atoms with Crippen LogP contribution < -0.4 is 0 Å². The Bertz CT molecular complexity index is 194. The first kappa shape index (κ1) is 8.05. The van der Waals surface area contributed by atoms with Crippen LogP contribution in [-0.2, 0) is 9.53 Å². The Morgan fingerprint density at radius 1 is 1.50 bits per heavy atom. The van der Waals surface area contributed by atoms with Gasteiger partial charge < -0.3 is 9.84 Å². The van der Waals surface area contributed by atoms with Crippen molar-refractivity contribution < 1.29 is 14.6 Å². The molecule has 0 aromatic heterocycles. The maximum Gasteiger partial charge on any atom is 0.306 e. The van der Waals surface area contributed by atoms with Crippen molar-refractivity contribution in [1.82, 2.24) is 0 Å². The summed E-state index contributed by atoms with van der Waals surface area (Å²) in [7, 11) is 0. The van der Waals surface area contributed by atoms with Crippen molar-refractivity contribution in [1.29, 1.82) is 0 Å². The van der Waals surface area contributed by atoms with E-state index in [4.69, 9.17) is 9.84 Å². The van der Waals surface area contributed by atoms with E-state index in [1.54, 1.807) is 0 Å². The van der Waals surface area contributed by atoms with Gasteiger partial charge in [0.1, 0.15) is 0 Å². The van der Waals surface area contributed by atoms with Gasteiger partial charge in [-0.05, 0) is 32.1 Å². The molecule has 2 fully saturated rings. The summed E-state index contributed by atoms with van der Waals surface area (Å²) >= 11 is 0. The van der Waals surface area contributed by atoms with E-state index in [2.05, 4.69) is 0 Å². The molecule has 3 nitrogen and oxygen atoms in total. The van der Waals surface area contributed by atoms with Crippen LogP contribution in [0.2, 0.25) is 0 Å². The lowest BCUT2D eigenvalue weighted by atomic mass is 9.97. The van der Waals surface area contributed by atoms with Crippen molar-refractivity contribution in [3.63, 3.8) is 0 Å². The first-order valence-electron chi connectivity index (χ1n) is 4.59. The van der Waals surface area contributed by atoms with E-state index in [1.165, 1.54) is 0 Å². The third kappa shape index (κ3) is 1.22. The molecule has 2 aliphatic rings. The van der Waals surface area contributed by atoms with Crippen molar-refractivity contribution in [3.05, 3.63) is 0 Å². The molecule has 1 aliphatic heterocycles. The van der Waals surface area contributed by atoms with Crippen LogP contribution in [0, 0.1) is 5.92 Å². The number of carbonyl (C=O) groups is 1. The van der Waals surface area contributed by atoms with Crippen molar-refractivity contribution in [2.75, 3.05) is 6.61 Å². The van der Waals surface area contributed by atoms with E-state index in [-0.39, 0.29) is 11.5 Å². The second kappa shape index (κ2) is 2.73. The summed E-state index contributed by atoms with van der Waals surface area (Å²) in [6, 6.07) is 0. The van der Waals surface area contributed by atoms with Gasteiger partial charge in [-0.25, -0.2) is 0 Å². The summed E-state index contributed by atoms with van der Waals surface area (Å²) in [5.74, 6) is -0.800. The highest BCUT2D eigenvalue weighted by Gasteiger charge is 2.44. The molecule has 0 aromatic rings. The van der Waals surface area contributed by atoms with Crippen molar-refractivity contribution in [2.45, 2.75) is 37.7 Å². The molecule has 0 radical (unpaired) electrons. The molecule has 12 heavy (non-hydrogen) atoms. The molecule has 0 aromatic carbocycles. The molecule has 1 saturated heterocycles. The normalized spacial score (nSPS) is 40.8. The molecule has 2 rings (SSSR count). The Hall–Kier alpha value is -0.570. The van der Waals surface area contributed by atoms with Crippen molar-refractivity contribution in [3.8, 4) is 0 Å². The third-order valence-electron chi connectivity index (χ3n) is 3.10. The fourth-order valence-corrected chi connectivity index (χ4v) is 2.41. The lowest BCUT2D eigenvalue weighted by Gasteiger charge is -2.21. The van der Waals surface area contributed by atoms with Crippen LogP contribution >= 0.6 is 0 Å². The Balaban J connectivity index is 2.01. The Labute approximate surface area is 71.7 Å². The standard InChI is InChI=1S/C9H14O3/c10-8(11)7-2-4-9(6-7)3-1-5-12-9/h7H,1-6H2,(H,10,11)/t7-,9+/m1/s1. The van der Waals surface area contributed by atoms with Gasteiger partial charge in [-0.1, -0.05) is 0 Å². The van der Waals surface area contributed by atoms with Gasteiger partial charge in [-0.3, -0.25) is 4.79 Å². The highest BCUT2D eigenvalue weighted by atomic mass is 16.5. The van der Waals surface area contributed by atoms with Gasteiger partial charge in [-0.2, -0.15) is 0 Å². The third-order valence-corrected chi connectivity index (χ3v) is 3.10. The molecule has 1 spiro atoms. The van der Waals surface area contributed by atoms with E-state index in [9.17, 15) is 4.79 Å². The van der Waals surface area contributed by atoms with Crippen LogP contribution in [0.4, 0.5) is 0 Å². The number of ether oxygens (including phenoxy) is 1. The zero-order valence-electron chi connectivity index (χ0n) is 7.08. The quantitative estimate of drug-likeness (QED) is 0.647. The van der Waals surface area contributed by atoms with E-state index >= 15 is 0 Å². The fourth-order valence-electron chi connectivity index (χ4n) is 2.41. The molecule has 1 N–H and O–H groups in total. The van der Waals surface area contributed by atoms with Crippen molar-refractivity contribution >= 4 is 5.97 Å². The van der Waals surface area contributed by atoms with Gasteiger partial charge in [-0.15, -0.1) is 0 Å². The summed E-state index contributed by atoms with van der Waals surface area (Å²) in [4.78, 5) is 10.7. The van der Waals surface area contributed by atoms with Crippen LogP contribution in [0.1, 0.15) is 32.1 Å². The van der Waals surface area contributed by atoms with Gasteiger partial charge in [0.05, 0.1) is 11.5 Å². The predicted molar refractivity (Wildman–Crippen MR) is 42.9 cm³/mol. The van der Waals surface area contributed by atoms with E-state index in [0.29, 0.717) is 0 Å². The Kier molecular flexibility index (Phi) is 1.83. The molecule has 0 bridgehead atoms. The maximum atomic E-state index is 10.7. The Morgan fingerprint density at radius 3 is 2.83 bits per heavy atom. The summed E-state index contributed by atoms with van der Waals surface area (Å²) in [6.45, 7) is 0.826. The molecule has 0 unspecified atom stereocenters. The van der Waals surface area contributed by atoms with Crippen LogP contribution in [0.25, 0.3) is 0 Å². The molecule has 3 heteroatoms. The van der Waals surface area contributed by atoms with Crippen LogP contribution in [0.15, 0.2) is 0 Å². The molecular weight excluding hydrogens is 156 g/mol. The number of aliphatic carboxylic acids is 1. The SMILES string of the molecule is O=C(O)[C@@H]1CC[C@@]2(CCCO2)C1. The second-order valence-corrected chi connectivity index (χ2v) is 3.91. The molecule has 2 atom stereocenters. The van der Waals surface area contributed by atoms with Crippen LogP contribution in [0.5, 0.6) is 0 Å². The second-order valence-electron chi connectivity index (χ2n) is 3.91. The number of carboxylic acids is 1. The van der Waals surface area contributed by atoms with Gasteiger partial charge in [0.25, 0.3) is 0 Å². The first-order chi connectivity index (χ1) is 5.72. The van der Waals surface area contributed by atoms with E-state index in [1.807, 2.05) is 0 Å². The minimum absolute atomic E-state index is 0.0386. The maximum absolute atomic E-state index is 10.7. The first-order valence-corrected chi connectivity index (χ1v) is 4.59. The molecule has 1 aliphatic carbocycles. The molecule has 0 amide bonds. The average molecular weight is 170 g/mol. The summed E-state index contributed by atoms with van der Waals surface area (Å²) in [6.07, 6.45) is 4.66. The molecular formula is C9H14O3. The molecule has 1 saturated carbocycles. The van der Waals surface area contributed by atoms with E-state index < -0.39 is 5.97 Å². The van der Waals surface area contributed by atoms with Gasteiger partial charge in [0.2, 0.25) is 0 Å². The molecule has 68 valence electrons. The average Bonchev–Trinajstić information content (AvgIpc) is 2.62. The number of carboxylic acid groups (broad SMARTS) is 1. The summed E-state index contributed by atoms with van der Waals surface area (Å²) < 4.78 is 5.62. The highest BCUT2D eigenvalue weighted by Crippen LogP contribution is 2.43. The van der Waals surface area contributed by atoms with Crippen molar-refractivity contribution in [2.24, 2.45) is 5.92 Å². The minimum atomic E-state index is -0.651. The molecule has 1 heterocycles. The van der Waals surface area contributed by atoms with Gasteiger partial charge >= 0.3 is 5.97 Å². The minimum Gasteiger partial charge on any atom is -0.481 e. The fraction of sp³-hybridized carbons (Fsp3) is 0.889. The zero-order chi connectivity index (χ0) is 8.60. The lowest BCUT2D eigenvalue weighted by molar-refractivity contribution is -0.142. The highest BCUT2D eigenvalue weighted by molar-refractivity contribution is 5.70. The van der Waals surface area contributed by atoms with Gasteiger partial charge in [0, 0.05) is 6.61 Å². The number of rotatable bonds is 1. The zero-order valence-corrected chi connectivity index (χ0v) is 7.08. The number of hydrogen-bond donors (Lipinski definition) is 1. The summed E-state index contributed by atoms with van der Waals surface area (Å²) in [5.41, 5.74) is -0.0386. The Morgan fingerprint density at radius 2 is 2.33 bits per heavy atom. The van der Waals surface area contributed by atoms with E-state index in [0.717, 1.165) is 38.7 Å². The van der Waals surface area contributed by atoms with Gasteiger partial charge in [0.15, 0.2) is 0 Å². The monoisotopic (exact) mass is 170 g/mol. The topological polar surface area (TPSA) is 46.5 Å². The number of hydrogen-bond acceptors (Lipinski definition) is 2.